The Labute approximate surface area is 83.4 Å². The Hall–Kier alpha value is -1.24. The SMILES string of the molecule is N#CC1CN(C2CCCCC2)C(=O)O1. The highest BCUT2D eigenvalue weighted by Crippen LogP contribution is 2.26. The summed E-state index contributed by atoms with van der Waals surface area (Å²) in [6, 6.07) is 2.29. The Morgan fingerprint density at radius 1 is 1.36 bits per heavy atom. The van der Waals surface area contributed by atoms with Gasteiger partial charge in [-0.15, -0.1) is 0 Å². The number of cyclic esters (lactones) is 1. The van der Waals surface area contributed by atoms with Gasteiger partial charge < -0.3 is 9.64 Å². The van der Waals surface area contributed by atoms with Crippen LogP contribution in [0.5, 0.6) is 0 Å². The first-order chi connectivity index (χ1) is 6.81. The van der Waals surface area contributed by atoms with Gasteiger partial charge in [-0.05, 0) is 12.8 Å². The van der Waals surface area contributed by atoms with Crippen LogP contribution >= 0.6 is 0 Å². The van der Waals surface area contributed by atoms with Gasteiger partial charge in [0.25, 0.3) is 0 Å². The zero-order valence-corrected chi connectivity index (χ0v) is 8.11. The van der Waals surface area contributed by atoms with Crippen LogP contribution in [0.25, 0.3) is 0 Å². The van der Waals surface area contributed by atoms with Crippen molar-refractivity contribution in [3.63, 3.8) is 0 Å². The fourth-order valence-electron chi connectivity index (χ4n) is 2.24. The largest absolute Gasteiger partial charge is 0.429 e. The molecule has 1 unspecified atom stereocenters. The van der Waals surface area contributed by atoms with Crippen molar-refractivity contribution in [2.24, 2.45) is 0 Å². The van der Waals surface area contributed by atoms with E-state index in [4.69, 9.17) is 10.00 Å². The third-order valence-corrected chi connectivity index (χ3v) is 3.00. The molecule has 0 aromatic rings. The molecular weight excluding hydrogens is 180 g/mol. The predicted octanol–water partition coefficient (Wildman–Crippen LogP) is 1.66. The normalized spacial score (nSPS) is 28.6. The van der Waals surface area contributed by atoms with Crippen molar-refractivity contribution in [2.45, 2.75) is 44.2 Å². The first-order valence-electron chi connectivity index (χ1n) is 5.18. The van der Waals surface area contributed by atoms with Gasteiger partial charge in [0.05, 0.1) is 6.54 Å². The van der Waals surface area contributed by atoms with Crippen molar-refractivity contribution in [1.29, 1.82) is 5.26 Å². The molecule has 14 heavy (non-hydrogen) atoms. The lowest BCUT2D eigenvalue weighted by atomic mass is 9.94. The molecule has 2 rings (SSSR count). The first-order valence-corrected chi connectivity index (χ1v) is 5.18. The van der Waals surface area contributed by atoms with Crippen molar-refractivity contribution in [3.05, 3.63) is 0 Å². The third kappa shape index (κ3) is 1.67. The monoisotopic (exact) mass is 194 g/mol. The lowest BCUT2D eigenvalue weighted by Gasteiger charge is -2.28. The Bertz CT molecular complexity index is 266. The molecule has 0 N–H and O–H groups in total. The van der Waals surface area contributed by atoms with Gasteiger partial charge in [-0.25, -0.2) is 4.79 Å². The standard InChI is InChI=1S/C10H14N2O2/c11-6-9-7-12(10(13)14-9)8-4-2-1-3-5-8/h8-9H,1-5,7H2. The van der Waals surface area contributed by atoms with Crippen LogP contribution < -0.4 is 0 Å². The highest BCUT2D eigenvalue weighted by molar-refractivity contribution is 5.70. The molecule has 1 heterocycles. The molecule has 0 radical (unpaired) electrons. The smallest absolute Gasteiger partial charge is 0.411 e. The number of carbonyl (C=O) groups is 1. The number of rotatable bonds is 1. The summed E-state index contributed by atoms with van der Waals surface area (Å²) in [5.74, 6) is 0. The number of carbonyl (C=O) groups excluding carboxylic acids is 1. The van der Waals surface area contributed by atoms with E-state index < -0.39 is 6.10 Å². The van der Waals surface area contributed by atoms with Crippen LogP contribution in [0.2, 0.25) is 0 Å². The number of amides is 1. The zero-order chi connectivity index (χ0) is 9.97. The number of ether oxygens (including phenoxy) is 1. The molecule has 1 saturated carbocycles. The summed E-state index contributed by atoms with van der Waals surface area (Å²) in [6.45, 7) is 0.458. The van der Waals surface area contributed by atoms with Crippen molar-refractivity contribution >= 4 is 6.09 Å². The van der Waals surface area contributed by atoms with Crippen molar-refractivity contribution < 1.29 is 9.53 Å². The van der Waals surface area contributed by atoms with Gasteiger partial charge in [-0.2, -0.15) is 5.26 Å². The first kappa shape index (κ1) is 9.32. The summed E-state index contributed by atoms with van der Waals surface area (Å²) in [6.07, 6.45) is 4.91. The van der Waals surface area contributed by atoms with Crippen LogP contribution in [-0.4, -0.2) is 29.7 Å². The fourth-order valence-corrected chi connectivity index (χ4v) is 2.24. The van der Waals surface area contributed by atoms with Gasteiger partial charge in [0.2, 0.25) is 6.10 Å². The minimum atomic E-state index is -0.551. The number of hydrogen-bond acceptors (Lipinski definition) is 3. The molecule has 2 fully saturated rings. The number of nitriles is 1. The fraction of sp³-hybridized carbons (Fsp3) is 0.800. The lowest BCUT2D eigenvalue weighted by molar-refractivity contribution is 0.132. The van der Waals surface area contributed by atoms with E-state index in [-0.39, 0.29) is 6.09 Å². The van der Waals surface area contributed by atoms with E-state index in [9.17, 15) is 4.79 Å². The van der Waals surface area contributed by atoms with Gasteiger partial charge in [-0.3, -0.25) is 0 Å². The van der Waals surface area contributed by atoms with E-state index in [1.165, 1.54) is 19.3 Å². The molecular formula is C10H14N2O2. The van der Waals surface area contributed by atoms with E-state index in [1.54, 1.807) is 4.90 Å². The molecule has 1 aliphatic heterocycles. The molecule has 0 aromatic heterocycles. The summed E-state index contributed by atoms with van der Waals surface area (Å²) in [7, 11) is 0. The number of nitrogens with zero attached hydrogens (tertiary/aromatic N) is 2. The maximum Gasteiger partial charge on any atom is 0.411 e. The predicted molar refractivity (Wildman–Crippen MR) is 49.5 cm³/mol. The van der Waals surface area contributed by atoms with Gasteiger partial charge >= 0.3 is 6.09 Å². The lowest BCUT2D eigenvalue weighted by Crippen LogP contribution is -2.37. The Kier molecular flexibility index (Phi) is 2.58. The number of hydrogen-bond donors (Lipinski definition) is 0. The van der Waals surface area contributed by atoms with E-state index in [0.717, 1.165) is 12.8 Å². The second-order valence-corrected chi connectivity index (χ2v) is 3.95. The molecule has 4 nitrogen and oxygen atoms in total. The topological polar surface area (TPSA) is 53.3 Å². The Morgan fingerprint density at radius 3 is 2.64 bits per heavy atom. The van der Waals surface area contributed by atoms with Crippen LogP contribution in [0, 0.1) is 11.3 Å². The molecule has 2 aliphatic rings. The van der Waals surface area contributed by atoms with Gasteiger partial charge in [0.1, 0.15) is 6.07 Å². The van der Waals surface area contributed by atoms with E-state index >= 15 is 0 Å². The van der Waals surface area contributed by atoms with Crippen molar-refractivity contribution in [1.82, 2.24) is 4.90 Å². The average molecular weight is 194 g/mol. The molecule has 4 heteroatoms. The maximum absolute atomic E-state index is 11.4. The molecule has 1 saturated heterocycles. The summed E-state index contributed by atoms with van der Waals surface area (Å²) >= 11 is 0. The van der Waals surface area contributed by atoms with Gasteiger partial charge in [0, 0.05) is 6.04 Å². The van der Waals surface area contributed by atoms with Crippen LogP contribution in [0.1, 0.15) is 32.1 Å². The summed E-state index contributed by atoms with van der Waals surface area (Å²) in [4.78, 5) is 13.1. The molecule has 1 amide bonds. The third-order valence-electron chi connectivity index (χ3n) is 3.00. The molecule has 1 atom stereocenters. The summed E-state index contributed by atoms with van der Waals surface area (Å²) < 4.78 is 4.90. The van der Waals surface area contributed by atoms with E-state index in [0.29, 0.717) is 12.6 Å². The molecule has 76 valence electrons. The Balaban J connectivity index is 1.97. The van der Waals surface area contributed by atoms with E-state index in [2.05, 4.69) is 0 Å². The maximum atomic E-state index is 11.4. The van der Waals surface area contributed by atoms with E-state index in [1.807, 2.05) is 6.07 Å². The van der Waals surface area contributed by atoms with Crippen molar-refractivity contribution in [3.8, 4) is 6.07 Å². The molecule has 0 spiro atoms. The highest BCUT2D eigenvalue weighted by Gasteiger charge is 2.36. The van der Waals surface area contributed by atoms with Gasteiger partial charge in [-0.1, -0.05) is 19.3 Å². The van der Waals surface area contributed by atoms with Crippen LogP contribution in [0.15, 0.2) is 0 Å². The summed E-state index contributed by atoms with van der Waals surface area (Å²) in [5.41, 5.74) is 0. The minimum Gasteiger partial charge on any atom is -0.429 e. The quantitative estimate of drug-likeness (QED) is 0.638. The highest BCUT2D eigenvalue weighted by atomic mass is 16.6. The zero-order valence-electron chi connectivity index (χ0n) is 8.11. The Morgan fingerprint density at radius 2 is 2.07 bits per heavy atom. The molecule has 0 bridgehead atoms. The summed E-state index contributed by atoms with van der Waals surface area (Å²) in [5, 5.41) is 8.65. The van der Waals surface area contributed by atoms with Crippen LogP contribution in [-0.2, 0) is 4.74 Å². The van der Waals surface area contributed by atoms with Gasteiger partial charge in [0.15, 0.2) is 0 Å². The average Bonchev–Trinajstić information content (AvgIpc) is 2.61. The molecule has 0 aromatic carbocycles. The minimum absolute atomic E-state index is 0.302. The van der Waals surface area contributed by atoms with Crippen LogP contribution in [0.4, 0.5) is 4.79 Å². The van der Waals surface area contributed by atoms with Crippen LogP contribution in [0.3, 0.4) is 0 Å². The second-order valence-electron chi connectivity index (χ2n) is 3.95. The molecule has 1 aliphatic carbocycles. The van der Waals surface area contributed by atoms with Crippen molar-refractivity contribution in [2.75, 3.05) is 6.54 Å². The second kappa shape index (κ2) is 3.87.